The topological polar surface area (TPSA) is 24.4 Å². The number of amidine groups is 1. The Balaban J connectivity index is 1.61. The quantitative estimate of drug-likeness (QED) is 0.831. The van der Waals surface area contributed by atoms with E-state index in [1.165, 1.54) is 40.8 Å². The van der Waals surface area contributed by atoms with E-state index in [2.05, 4.69) is 39.6 Å². The first-order valence-electron chi connectivity index (χ1n) is 6.84. The molecule has 5 heteroatoms. The van der Waals surface area contributed by atoms with Crippen molar-refractivity contribution in [3.05, 3.63) is 20.8 Å². The van der Waals surface area contributed by atoms with Gasteiger partial charge in [0.15, 0.2) is 5.17 Å². The maximum Gasteiger partial charge on any atom is 0.157 e. The van der Waals surface area contributed by atoms with Crippen LogP contribution in [0.15, 0.2) is 20.9 Å². The number of thioether (sulfide) groups is 1. The predicted octanol–water partition coefficient (Wildman–Crippen LogP) is 4.65. The largest absolute Gasteiger partial charge is 0.359 e. The number of nitrogens with one attached hydrogen (secondary N) is 1. The summed E-state index contributed by atoms with van der Waals surface area (Å²) in [5, 5.41) is 6.97. The van der Waals surface area contributed by atoms with E-state index in [-0.39, 0.29) is 0 Å². The zero-order valence-corrected chi connectivity index (χ0v) is 14.3. The molecule has 104 valence electrons. The van der Waals surface area contributed by atoms with Crippen LogP contribution in [0.3, 0.4) is 0 Å². The lowest BCUT2D eigenvalue weighted by Gasteiger charge is -2.35. The first-order valence-corrected chi connectivity index (χ1v) is 9.50. The molecule has 2 aliphatic rings. The van der Waals surface area contributed by atoms with Gasteiger partial charge in [0, 0.05) is 20.6 Å². The van der Waals surface area contributed by atoms with Crippen molar-refractivity contribution in [3.8, 4) is 0 Å². The van der Waals surface area contributed by atoms with Crippen molar-refractivity contribution >= 4 is 44.2 Å². The second-order valence-electron chi connectivity index (χ2n) is 5.69. The van der Waals surface area contributed by atoms with Gasteiger partial charge in [0.2, 0.25) is 0 Å². The SMILES string of the molecule is CC1CCC2(CC1)CSC(=NCc1sccc1Br)N2. The summed E-state index contributed by atoms with van der Waals surface area (Å²) in [7, 11) is 0. The van der Waals surface area contributed by atoms with Gasteiger partial charge in [-0.25, -0.2) is 0 Å². The van der Waals surface area contributed by atoms with Gasteiger partial charge in [-0.15, -0.1) is 11.3 Å². The molecule has 1 spiro atoms. The van der Waals surface area contributed by atoms with Crippen molar-refractivity contribution in [1.29, 1.82) is 0 Å². The van der Waals surface area contributed by atoms with Gasteiger partial charge in [-0.3, -0.25) is 4.99 Å². The normalized spacial score (nSPS) is 32.9. The van der Waals surface area contributed by atoms with Gasteiger partial charge in [0.05, 0.1) is 6.54 Å². The molecule has 1 aliphatic carbocycles. The Hall–Kier alpha value is -0.0000000000000000555. The highest BCUT2D eigenvalue weighted by molar-refractivity contribution is 9.10. The maximum atomic E-state index is 4.74. The van der Waals surface area contributed by atoms with Crippen LogP contribution in [0.1, 0.15) is 37.5 Å². The van der Waals surface area contributed by atoms with E-state index in [0.29, 0.717) is 5.54 Å². The molecule has 2 nitrogen and oxygen atoms in total. The molecule has 3 rings (SSSR count). The van der Waals surface area contributed by atoms with Crippen molar-refractivity contribution < 1.29 is 0 Å². The van der Waals surface area contributed by atoms with E-state index in [4.69, 9.17) is 4.99 Å². The fraction of sp³-hybridized carbons (Fsp3) is 0.643. The molecule has 19 heavy (non-hydrogen) atoms. The Morgan fingerprint density at radius 1 is 1.47 bits per heavy atom. The molecule has 1 N–H and O–H groups in total. The third kappa shape index (κ3) is 3.19. The molecular weight excluding hydrogens is 340 g/mol. The standard InChI is InChI=1S/C14H19BrN2S2/c1-10-2-5-14(6-3-10)9-19-13(17-14)16-8-12-11(15)4-7-18-12/h4,7,10H,2-3,5-6,8-9H2,1H3,(H,16,17). The van der Waals surface area contributed by atoms with Crippen molar-refractivity contribution in [2.75, 3.05) is 5.75 Å². The van der Waals surface area contributed by atoms with Gasteiger partial charge in [0.25, 0.3) is 0 Å². The molecular formula is C14H19BrN2S2. The summed E-state index contributed by atoms with van der Waals surface area (Å²) in [6.07, 6.45) is 5.33. The third-order valence-electron chi connectivity index (χ3n) is 4.15. The maximum absolute atomic E-state index is 4.74. The Kier molecular flexibility index (Phi) is 4.25. The lowest BCUT2D eigenvalue weighted by Crippen LogP contribution is -2.46. The highest BCUT2D eigenvalue weighted by Gasteiger charge is 2.39. The Morgan fingerprint density at radius 3 is 2.95 bits per heavy atom. The Bertz CT molecular complexity index is 476. The number of halogens is 1. The van der Waals surface area contributed by atoms with E-state index >= 15 is 0 Å². The average Bonchev–Trinajstić information content (AvgIpc) is 2.99. The van der Waals surface area contributed by atoms with Crippen LogP contribution in [0, 0.1) is 5.92 Å². The predicted molar refractivity (Wildman–Crippen MR) is 89.1 cm³/mol. The zero-order valence-electron chi connectivity index (χ0n) is 11.1. The first kappa shape index (κ1) is 14.0. The van der Waals surface area contributed by atoms with Gasteiger partial charge >= 0.3 is 0 Å². The molecule has 1 aromatic rings. The number of aliphatic imine (C=N–C) groups is 1. The van der Waals surface area contributed by atoms with Crippen LogP contribution in [0.25, 0.3) is 0 Å². The van der Waals surface area contributed by atoms with Crippen molar-refractivity contribution in [3.63, 3.8) is 0 Å². The molecule has 0 aromatic carbocycles. The number of thiophene rings is 1. The fourth-order valence-electron chi connectivity index (χ4n) is 2.76. The van der Waals surface area contributed by atoms with Crippen LogP contribution in [-0.4, -0.2) is 16.5 Å². The van der Waals surface area contributed by atoms with Crippen LogP contribution in [0.4, 0.5) is 0 Å². The number of rotatable bonds is 2. The second-order valence-corrected chi connectivity index (χ2v) is 8.51. The van der Waals surface area contributed by atoms with Crippen molar-refractivity contribution in [2.45, 2.75) is 44.7 Å². The van der Waals surface area contributed by atoms with E-state index in [9.17, 15) is 0 Å². The molecule has 1 saturated heterocycles. The summed E-state index contributed by atoms with van der Waals surface area (Å²) in [6.45, 7) is 3.17. The Morgan fingerprint density at radius 2 is 2.26 bits per heavy atom. The first-order chi connectivity index (χ1) is 9.17. The molecule has 1 aliphatic heterocycles. The van der Waals surface area contributed by atoms with Crippen LogP contribution in [0.5, 0.6) is 0 Å². The van der Waals surface area contributed by atoms with Crippen molar-refractivity contribution in [1.82, 2.24) is 5.32 Å². The number of hydrogen-bond acceptors (Lipinski definition) is 3. The number of nitrogens with zero attached hydrogens (tertiary/aromatic N) is 1. The lowest BCUT2D eigenvalue weighted by molar-refractivity contribution is 0.251. The fourth-order valence-corrected chi connectivity index (χ4v) is 5.38. The minimum Gasteiger partial charge on any atom is -0.359 e. The minimum atomic E-state index is 0.350. The summed E-state index contributed by atoms with van der Waals surface area (Å²) >= 11 is 7.24. The highest BCUT2D eigenvalue weighted by Crippen LogP contribution is 2.38. The van der Waals surface area contributed by atoms with Gasteiger partial charge in [-0.1, -0.05) is 18.7 Å². The molecule has 0 bridgehead atoms. The van der Waals surface area contributed by atoms with Crippen LogP contribution in [-0.2, 0) is 6.54 Å². The molecule has 0 unspecified atom stereocenters. The van der Waals surface area contributed by atoms with Gasteiger partial charge in [-0.2, -0.15) is 0 Å². The van der Waals surface area contributed by atoms with E-state index in [1.807, 2.05) is 11.8 Å². The van der Waals surface area contributed by atoms with Crippen LogP contribution < -0.4 is 5.32 Å². The van der Waals surface area contributed by atoms with Crippen LogP contribution >= 0.6 is 39.0 Å². The average molecular weight is 359 g/mol. The zero-order chi connectivity index (χ0) is 13.3. The van der Waals surface area contributed by atoms with Crippen LogP contribution in [0.2, 0.25) is 0 Å². The van der Waals surface area contributed by atoms with Crippen molar-refractivity contribution in [2.24, 2.45) is 10.9 Å². The van der Waals surface area contributed by atoms with E-state index in [1.54, 1.807) is 11.3 Å². The minimum absolute atomic E-state index is 0.350. The summed E-state index contributed by atoms with van der Waals surface area (Å²) in [5.74, 6) is 2.10. The molecule has 2 heterocycles. The third-order valence-corrected chi connectivity index (χ3v) is 7.26. The Labute approximate surface area is 131 Å². The molecule has 1 saturated carbocycles. The monoisotopic (exact) mass is 358 g/mol. The molecule has 0 radical (unpaired) electrons. The lowest BCUT2D eigenvalue weighted by atomic mass is 9.78. The summed E-state index contributed by atoms with van der Waals surface area (Å²) in [4.78, 5) is 6.06. The highest BCUT2D eigenvalue weighted by atomic mass is 79.9. The van der Waals surface area contributed by atoms with Gasteiger partial charge < -0.3 is 5.32 Å². The number of hydrogen-bond donors (Lipinski definition) is 1. The van der Waals surface area contributed by atoms with E-state index < -0.39 is 0 Å². The molecule has 2 fully saturated rings. The van der Waals surface area contributed by atoms with Gasteiger partial charge in [0.1, 0.15) is 0 Å². The summed E-state index contributed by atoms with van der Waals surface area (Å²) in [5.41, 5.74) is 0.350. The molecule has 1 aromatic heterocycles. The second kappa shape index (κ2) is 5.78. The summed E-state index contributed by atoms with van der Waals surface area (Å²) < 4.78 is 1.19. The van der Waals surface area contributed by atoms with Gasteiger partial charge in [-0.05, 0) is 59.0 Å². The smallest absolute Gasteiger partial charge is 0.157 e. The molecule has 0 atom stereocenters. The van der Waals surface area contributed by atoms with E-state index in [0.717, 1.165) is 17.6 Å². The summed E-state index contributed by atoms with van der Waals surface area (Å²) in [6, 6.07) is 2.10. The molecule has 0 amide bonds.